The van der Waals surface area contributed by atoms with Crippen molar-refractivity contribution in [3.8, 4) is 0 Å². The first-order valence-electron chi connectivity index (χ1n) is 6.62. The van der Waals surface area contributed by atoms with Crippen LogP contribution in [-0.2, 0) is 14.3 Å². The summed E-state index contributed by atoms with van der Waals surface area (Å²) in [6.07, 6.45) is 0. The Morgan fingerprint density at radius 2 is 1.74 bits per heavy atom. The molecule has 0 bridgehead atoms. The van der Waals surface area contributed by atoms with Gasteiger partial charge >= 0.3 is 5.97 Å². The summed E-state index contributed by atoms with van der Waals surface area (Å²) in [6.45, 7) is 10.0. The highest BCUT2D eigenvalue weighted by Gasteiger charge is 2.21. The van der Waals surface area contributed by atoms with Crippen LogP contribution in [-0.4, -0.2) is 53.0 Å². The van der Waals surface area contributed by atoms with Crippen molar-refractivity contribution in [1.29, 1.82) is 0 Å². The van der Waals surface area contributed by atoms with Crippen LogP contribution in [0.4, 0.5) is 0 Å². The van der Waals surface area contributed by atoms with Crippen molar-refractivity contribution >= 4 is 23.6 Å². The van der Waals surface area contributed by atoms with E-state index in [0.29, 0.717) is 18.1 Å². The molecule has 0 aliphatic rings. The van der Waals surface area contributed by atoms with Crippen molar-refractivity contribution in [3.63, 3.8) is 0 Å². The van der Waals surface area contributed by atoms with Crippen molar-refractivity contribution in [2.45, 2.75) is 52.7 Å². The molecule has 1 amide bonds. The Balaban J connectivity index is 4.12. The lowest BCUT2D eigenvalue weighted by molar-refractivity contribution is -0.144. The molecular weight excluding hydrogens is 264 g/mol. The van der Waals surface area contributed by atoms with Gasteiger partial charge in [-0.3, -0.25) is 9.59 Å². The third kappa shape index (κ3) is 6.82. The van der Waals surface area contributed by atoms with Gasteiger partial charge in [0, 0.05) is 17.8 Å². The first-order valence-corrected chi connectivity index (χ1v) is 7.77. The summed E-state index contributed by atoms with van der Waals surface area (Å²) in [5, 5.41) is 0. The molecule has 1 atom stereocenters. The van der Waals surface area contributed by atoms with E-state index in [0.717, 1.165) is 0 Å². The van der Waals surface area contributed by atoms with Crippen LogP contribution < -0.4 is 5.73 Å². The maximum atomic E-state index is 12.1. The van der Waals surface area contributed by atoms with E-state index in [-0.39, 0.29) is 18.0 Å². The Kier molecular flexibility index (Phi) is 8.84. The molecule has 0 saturated carbocycles. The van der Waals surface area contributed by atoms with Gasteiger partial charge in [0.05, 0.1) is 12.4 Å². The van der Waals surface area contributed by atoms with Gasteiger partial charge < -0.3 is 15.4 Å². The number of nitrogens with two attached hydrogens (primary N) is 1. The molecule has 5 nitrogen and oxygen atoms in total. The third-order valence-electron chi connectivity index (χ3n) is 2.51. The average molecular weight is 290 g/mol. The Bertz CT molecular complexity index is 288. The van der Waals surface area contributed by atoms with Crippen LogP contribution in [0.2, 0.25) is 0 Å². The largest absolute Gasteiger partial charge is 0.465 e. The van der Waals surface area contributed by atoms with E-state index in [1.165, 1.54) is 11.8 Å². The van der Waals surface area contributed by atoms with Crippen molar-refractivity contribution in [2.24, 2.45) is 5.73 Å². The highest BCUT2D eigenvalue weighted by atomic mass is 32.2. The molecule has 1 unspecified atom stereocenters. The molecule has 0 radical (unpaired) electrons. The van der Waals surface area contributed by atoms with E-state index in [1.807, 2.05) is 32.6 Å². The minimum absolute atomic E-state index is 0.0751. The van der Waals surface area contributed by atoms with Crippen LogP contribution >= 0.6 is 11.8 Å². The lowest BCUT2D eigenvalue weighted by Gasteiger charge is -2.30. The number of ether oxygens (including phenoxy) is 1. The molecule has 112 valence electrons. The lowest BCUT2D eigenvalue weighted by atomic mass is 10.2. The summed E-state index contributed by atoms with van der Waals surface area (Å²) < 4.78 is 4.81. The Labute approximate surface area is 120 Å². The van der Waals surface area contributed by atoms with Crippen molar-refractivity contribution in [3.05, 3.63) is 0 Å². The van der Waals surface area contributed by atoms with Crippen molar-refractivity contribution in [1.82, 2.24) is 4.90 Å². The van der Waals surface area contributed by atoms with E-state index >= 15 is 0 Å². The molecule has 19 heavy (non-hydrogen) atoms. The number of hydrogen-bond acceptors (Lipinski definition) is 5. The molecule has 0 aromatic rings. The smallest absolute Gasteiger partial charge is 0.323 e. The average Bonchev–Trinajstić information content (AvgIpc) is 2.27. The number of esters is 1. The first kappa shape index (κ1) is 18.2. The number of amides is 1. The summed E-state index contributed by atoms with van der Waals surface area (Å²) in [6, 6.07) is -0.317. The summed E-state index contributed by atoms with van der Waals surface area (Å²) in [4.78, 5) is 25.2. The number of thioether (sulfide) groups is 1. The van der Waals surface area contributed by atoms with Crippen LogP contribution in [0.5, 0.6) is 0 Å². The number of carbonyl (C=O) groups excluding carboxylic acids is 2. The Morgan fingerprint density at radius 3 is 2.16 bits per heavy atom. The molecule has 0 rings (SSSR count). The first-order chi connectivity index (χ1) is 8.81. The molecule has 0 spiro atoms. The number of rotatable bonds is 8. The second kappa shape index (κ2) is 9.20. The zero-order valence-corrected chi connectivity index (χ0v) is 13.3. The maximum Gasteiger partial charge on any atom is 0.323 e. The SMILES string of the molecule is CCOC(=O)C(N)CSCC(=O)N(C(C)C)C(C)C. The molecule has 0 aromatic heterocycles. The lowest BCUT2D eigenvalue weighted by Crippen LogP contribution is -2.43. The van der Waals surface area contributed by atoms with E-state index in [2.05, 4.69) is 0 Å². The van der Waals surface area contributed by atoms with Crippen LogP contribution in [0.25, 0.3) is 0 Å². The molecule has 0 aliphatic heterocycles. The minimum atomic E-state index is -0.663. The Morgan fingerprint density at radius 1 is 1.21 bits per heavy atom. The van der Waals surface area contributed by atoms with Crippen LogP contribution in [0.1, 0.15) is 34.6 Å². The molecular formula is C13H26N2O3S. The van der Waals surface area contributed by atoms with Crippen molar-refractivity contribution < 1.29 is 14.3 Å². The topological polar surface area (TPSA) is 72.6 Å². The monoisotopic (exact) mass is 290 g/mol. The van der Waals surface area contributed by atoms with Crippen LogP contribution in [0, 0.1) is 0 Å². The molecule has 0 heterocycles. The number of nitrogens with zero attached hydrogens (tertiary/aromatic N) is 1. The fourth-order valence-corrected chi connectivity index (χ4v) is 2.67. The van der Waals surface area contributed by atoms with Gasteiger partial charge in [-0.15, -0.1) is 11.8 Å². The zero-order chi connectivity index (χ0) is 15.0. The van der Waals surface area contributed by atoms with Gasteiger partial charge in [-0.2, -0.15) is 0 Å². The zero-order valence-electron chi connectivity index (χ0n) is 12.5. The fraction of sp³-hybridized carbons (Fsp3) is 0.846. The van der Waals surface area contributed by atoms with Gasteiger partial charge in [-0.1, -0.05) is 0 Å². The van der Waals surface area contributed by atoms with E-state index in [1.54, 1.807) is 6.92 Å². The van der Waals surface area contributed by atoms with Crippen molar-refractivity contribution in [2.75, 3.05) is 18.1 Å². The fourth-order valence-electron chi connectivity index (χ4n) is 1.84. The van der Waals surface area contributed by atoms with Gasteiger partial charge in [0.25, 0.3) is 0 Å². The summed E-state index contributed by atoms with van der Waals surface area (Å²) in [5.74, 6) is 0.399. The molecule has 0 saturated heterocycles. The van der Waals surface area contributed by atoms with Crippen LogP contribution in [0.15, 0.2) is 0 Å². The maximum absolute atomic E-state index is 12.1. The predicted molar refractivity (Wildman–Crippen MR) is 79.1 cm³/mol. The molecule has 0 aromatic carbocycles. The molecule has 0 aliphatic carbocycles. The number of carbonyl (C=O) groups is 2. The summed E-state index contributed by atoms with van der Waals surface area (Å²) in [5.41, 5.74) is 5.66. The summed E-state index contributed by atoms with van der Waals surface area (Å²) in [7, 11) is 0. The van der Waals surface area contributed by atoms with E-state index in [4.69, 9.17) is 10.5 Å². The van der Waals surface area contributed by atoms with Gasteiger partial charge in [-0.25, -0.2) is 0 Å². The molecule has 6 heteroatoms. The quantitative estimate of drug-likeness (QED) is 0.681. The normalized spacial score (nSPS) is 12.6. The minimum Gasteiger partial charge on any atom is -0.465 e. The van der Waals surface area contributed by atoms with Crippen LogP contribution in [0.3, 0.4) is 0 Å². The van der Waals surface area contributed by atoms with E-state index < -0.39 is 12.0 Å². The third-order valence-corrected chi connectivity index (χ3v) is 3.56. The van der Waals surface area contributed by atoms with Gasteiger partial charge in [0.15, 0.2) is 0 Å². The second-order valence-corrected chi connectivity index (χ2v) is 5.89. The highest BCUT2D eigenvalue weighted by molar-refractivity contribution is 8.00. The van der Waals surface area contributed by atoms with Gasteiger partial charge in [0.2, 0.25) is 5.91 Å². The van der Waals surface area contributed by atoms with Gasteiger partial charge in [-0.05, 0) is 34.6 Å². The molecule has 0 fully saturated rings. The second-order valence-electron chi connectivity index (χ2n) is 4.86. The van der Waals surface area contributed by atoms with E-state index in [9.17, 15) is 9.59 Å². The highest BCUT2D eigenvalue weighted by Crippen LogP contribution is 2.10. The molecule has 2 N–H and O–H groups in total. The van der Waals surface area contributed by atoms with Gasteiger partial charge in [0.1, 0.15) is 6.04 Å². The standard InChI is InChI=1S/C13H26N2O3S/c1-6-18-13(17)11(14)7-19-8-12(16)15(9(2)3)10(4)5/h9-11H,6-8,14H2,1-5H3. The predicted octanol–water partition coefficient (Wildman–Crippen LogP) is 1.26. The number of hydrogen-bond donors (Lipinski definition) is 1. The Hall–Kier alpha value is -0.750. The summed E-state index contributed by atoms with van der Waals surface area (Å²) >= 11 is 1.37.